The van der Waals surface area contributed by atoms with Gasteiger partial charge in [-0.25, -0.2) is 0 Å². The van der Waals surface area contributed by atoms with Crippen molar-refractivity contribution in [3.05, 3.63) is 0 Å². The summed E-state index contributed by atoms with van der Waals surface area (Å²) in [5.74, 6) is 0. The van der Waals surface area contributed by atoms with Gasteiger partial charge in [-0.1, -0.05) is 13.3 Å². The van der Waals surface area contributed by atoms with E-state index in [1.54, 1.807) is 0 Å². The Morgan fingerprint density at radius 1 is 1.06 bits per heavy atom. The van der Waals surface area contributed by atoms with Gasteiger partial charge in [0.25, 0.3) is 0 Å². The molecule has 0 amide bonds. The number of hydrogen-bond donors (Lipinski definition) is 2. The van der Waals surface area contributed by atoms with Crippen molar-refractivity contribution in [3.63, 3.8) is 0 Å². The number of aliphatic hydroxyl groups excluding tert-OH is 2. The van der Waals surface area contributed by atoms with Crippen molar-refractivity contribution in [2.45, 2.75) is 32.4 Å². The molecule has 6 heteroatoms. The summed E-state index contributed by atoms with van der Waals surface area (Å²) < 4.78 is 39.7. The van der Waals surface area contributed by atoms with Gasteiger partial charge in [0, 0.05) is 12.0 Å². The number of halogens is 3. The Labute approximate surface area is 93.2 Å². The average Bonchev–Trinajstić information content (AvgIpc) is 2.21. The second kappa shape index (κ2) is 7.09. The molecule has 0 aromatic rings. The quantitative estimate of drug-likeness (QED) is 0.639. The van der Waals surface area contributed by atoms with Crippen molar-refractivity contribution in [2.75, 3.05) is 26.4 Å². The van der Waals surface area contributed by atoms with Crippen LogP contribution in [0.25, 0.3) is 0 Å². The zero-order valence-electron chi connectivity index (χ0n) is 9.39. The molecule has 0 spiro atoms. The molecule has 0 radical (unpaired) electrons. The largest absolute Gasteiger partial charge is 0.411 e. The Balaban J connectivity index is 3.93. The first-order valence-corrected chi connectivity index (χ1v) is 5.25. The molecule has 2 N–H and O–H groups in total. The van der Waals surface area contributed by atoms with Gasteiger partial charge in [-0.2, -0.15) is 13.2 Å². The van der Waals surface area contributed by atoms with E-state index in [0.29, 0.717) is 6.42 Å². The zero-order valence-corrected chi connectivity index (χ0v) is 9.39. The van der Waals surface area contributed by atoms with Gasteiger partial charge < -0.3 is 14.9 Å². The first-order valence-electron chi connectivity index (χ1n) is 5.25. The fraction of sp³-hybridized carbons (Fsp3) is 1.00. The molecule has 98 valence electrons. The summed E-state index contributed by atoms with van der Waals surface area (Å²) in [4.78, 5) is 0. The molecule has 0 aliphatic heterocycles. The van der Waals surface area contributed by atoms with Gasteiger partial charge in [0.2, 0.25) is 0 Å². The maximum absolute atomic E-state index is 11.8. The third kappa shape index (κ3) is 6.30. The fourth-order valence-corrected chi connectivity index (χ4v) is 1.50. The monoisotopic (exact) mass is 244 g/mol. The molecule has 0 unspecified atom stereocenters. The summed E-state index contributed by atoms with van der Waals surface area (Å²) >= 11 is 0. The first-order chi connectivity index (χ1) is 7.39. The Morgan fingerprint density at radius 3 is 2.00 bits per heavy atom. The molecule has 0 fully saturated rings. The van der Waals surface area contributed by atoms with Crippen molar-refractivity contribution in [3.8, 4) is 0 Å². The third-order valence-corrected chi connectivity index (χ3v) is 2.49. The molecule has 3 nitrogen and oxygen atoms in total. The molecule has 16 heavy (non-hydrogen) atoms. The highest BCUT2D eigenvalue weighted by Gasteiger charge is 2.30. The predicted octanol–water partition coefficient (Wildman–Crippen LogP) is 1.73. The summed E-state index contributed by atoms with van der Waals surface area (Å²) in [5.41, 5.74) is -0.722. The van der Waals surface area contributed by atoms with Crippen molar-refractivity contribution >= 4 is 0 Å². The van der Waals surface area contributed by atoms with E-state index in [-0.39, 0.29) is 26.2 Å². The summed E-state index contributed by atoms with van der Waals surface area (Å²) in [6.07, 6.45) is -2.79. The van der Waals surface area contributed by atoms with Crippen LogP contribution in [0.4, 0.5) is 13.2 Å². The standard InChI is InChI=1S/C10H19F3O3/c1-2-3-9(6-14,7-15)4-5-16-8-10(11,12)13/h14-15H,2-8H2,1H3. The van der Waals surface area contributed by atoms with Gasteiger partial charge >= 0.3 is 6.18 Å². The Kier molecular flexibility index (Phi) is 6.94. The summed E-state index contributed by atoms with van der Waals surface area (Å²) in [6.45, 7) is 0.00275. The van der Waals surface area contributed by atoms with E-state index in [4.69, 9.17) is 10.2 Å². The first kappa shape index (κ1) is 15.7. The minimum absolute atomic E-state index is 0.110. The number of aliphatic hydroxyl groups is 2. The summed E-state index contributed by atoms with van der Waals surface area (Å²) in [5, 5.41) is 18.3. The Bertz CT molecular complexity index is 179. The van der Waals surface area contributed by atoms with Crippen LogP contribution in [0.1, 0.15) is 26.2 Å². The smallest absolute Gasteiger partial charge is 0.396 e. The SMILES string of the molecule is CCCC(CO)(CO)CCOCC(F)(F)F. The van der Waals surface area contributed by atoms with Crippen LogP contribution in [-0.4, -0.2) is 42.8 Å². The van der Waals surface area contributed by atoms with Crippen LogP contribution < -0.4 is 0 Å². The van der Waals surface area contributed by atoms with E-state index < -0.39 is 18.2 Å². The maximum atomic E-state index is 11.8. The van der Waals surface area contributed by atoms with Crippen molar-refractivity contribution in [1.82, 2.24) is 0 Å². The number of hydrogen-bond acceptors (Lipinski definition) is 3. The summed E-state index contributed by atoms with van der Waals surface area (Å²) in [6, 6.07) is 0. The molecule has 0 aromatic carbocycles. The molecule has 0 rings (SSSR count). The predicted molar refractivity (Wildman–Crippen MR) is 53.0 cm³/mol. The molecule has 0 atom stereocenters. The number of ether oxygens (including phenoxy) is 1. The van der Waals surface area contributed by atoms with E-state index in [1.807, 2.05) is 6.92 Å². The molecule has 0 aliphatic carbocycles. The Morgan fingerprint density at radius 2 is 1.62 bits per heavy atom. The molecule has 0 bridgehead atoms. The average molecular weight is 244 g/mol. The van der Waals surface area contributed by atoms with Crippen LogP contribution in [0.3, 0.4) is 0 Å². The van der Waals surface area contributed by atoms with Crippen molar-refractivity contribution in [1.29, 1.82) is 0 Å². The highest BCUT2D eigenvalue weighted by Crippen LogP contribution is 2.27. The molecule has 0 aliphatic rings. The van der Waals surface area contributed by atoms with Crippen LogP contribution in [0.15, 0.2) is 0 Å². The van der Waals surface area contributed by atoms with Crippen molar-refractivity contribution < 1.29 is 28.1 Å². The zero-order chi connectivity index (χ0) is 12.7. The minimum Gasteiger partial charge on any atom is -0.396 e. The van der Waals surface area contributed by atoms with Gasteiger partial charge in [-0.05, 0) is 12.8 Å². The lowest BCUT2D eigenvalue weighted by atomic mass is 9.82. The van der Waals surface area contributed by atoms with Crippen LogP contribution in [0.2, 0.25) is 0 Å². The molecule has 0 aromatic heterocycles. The van der Waals surface area contributed by atoms with Crippen LogP contribution in [0, 0.1) is 5.41 Å². The van der Waals surface area contributed by atoms with Crippen LogP contribution >= 0.6 is 0 Å². The van der Waals surface area contributed by atoms with Gasteiger partial charge in [0.05, 0.1) is 13.2 Å². The molecular weight excluding hydrogens is 225 g/mol. The van der Waals surface area contributed by atoms with Crippen LogP contribution in [0.5, 0.6) is 0 Å². The molecular formula is C10H19F3O3. The van der Waals surface area contributed by atoms with Crippen LogP contribution in [-0.2, 0) is 4.74 Å². The highest BCUT2D eigenvalue weighted by molar-refractivity contribution is 4.77. The molecule has 0 saturated heterocycles. The molecule has 0 saturated carbocycles. The third-order valence-electron chi connectivity index (χ3n) is 2.49. The minimum atomic E-state index is -4.33. The van der Waals surface area contributed by atoms with E-state index >= 15 is 0 Å². The summed E-state index contributed by atoms with van der Waals surface area (Å²) in [7, 11) is 0. The second-order valence-corrected chi connectivity index (χ2v) is 3.98. The van der Waals surface area contributed by atoms with E-state index in [1.165, 1.54) is 0 Å². The lowest BCUT2D eigenvalue weighted by molar-refractivity contribution is -0.176. The van der Waals surface area contributed by atoms with E-state index in [9.17, 15) is 13.2 Å². The van der Waals surface area contributed by atoms with E-state index in [2.05, 4.69) is 4.74 Å². The lowest BCUT2D eigenvalue weighted by Gasteiger charge is -2.29. The lowest BCUT2D eigenvalue weighted by Crippen LogP contribution is -2.32. The number of alkyl halides is 3. The fourth-order valence-electron chi connectivity index (χ4n) is 1.50. The maximum Gasteiger partial charge on any atom is 0.411 e. The van der Waals surface area contributed by atoms with Gasteiger partial charge in [-0.15, -0.1) is 0 Å². The number of rotatable bonds is 8. The van der Waals surface area contributed by atoms with Gasteiger partial charge in [0.15, 0.2) is 0 Å². The normalized spacial score (nSPS) is 13.1. The van der Waals surface area contributed by atoms with E-state index in [0.717, 1.165) is 6.42 Å². The van der Waals surface area contributed by atoms with Gasteiger partial charge in [-0.3, -0.25) is 0 Å². The van der Waals surface area contributed by atoms with Crippen molar-refractivity contribution in [2.24, 2.45) is 5.41 Å². The second-order valence-electron chi connectivity index (χ2n) is 3.98. The molecule has 0 heterocycles. The Hall–Kier alpha value is -0.330. The highest BCUT2D eigenvalue weighted by atomic mass is 19.4. The topological polar surface area (TPSA) is 49.7 Å². The van der Waals surface area contributed by atoms with Gasteiger partial charge in [0.1, 0.15) is 6.61 Å².